The molecule has 1 amide bonds. The maximum atomic E-state index is 11.9. The van der Waals surface area contributed by atoms with Crippen LogP contribution < -0.4 is 20.1 Å². The quantitative estimate of drug-likeness (QED) is 0.320. The minimum Gasteiger partial charge on any atom is -0.493 e. The molecule has 28 heavy (non-hydrogen) atoms. The van der Waals surface area contributed by atoms with Crippen LogP contribution in [-0.4, -0.2) is 70.9 Å². The highest BCUT2D eigenvalue weighted by Gasteiger charge is 2.16. The number of hydrogen-bond acceptors (Lipinski definition) is 5. The van der Waals surface area contributed by atoms with E-state index in [0.29, 0.717) is 30.0 Å². The average molecular weight is 506 g/mol. The number of nitrogens with one attached hydrogen (secondary N) is 2. The smallest absolute Gasteiger partial charge is 0.243 e. The molecule has 0 aromatic heterocycles. The molecule has 0 aliphatic carbocycles. The summed E-state index contributed by atoms with van der Waals surface area (Å²) in [7, 11) is 5.04. The van der Waals surface area contributed by atoms with Gasteiger partial charge in [0, 0.05) is 44.9 Å². The van der Waals surface area contributed by atoms with Gasteiger partial charge in [-0.1, -0.05) is 0 Å². The van der Waals surface area contributed by atoms with Crippen molar-refractivity contribution in [2.45, 2.75) is 13.3 Å². The summed E-state index contributed by atoms with van der Waals surface area (Å²) in [6, 6.07) is 5.57. The van der Waals surface area contributed by atoms with Crippen molar-refractivity contribution in [1.82, 2.24) is 10.2 Å². The SMILES string of the molecule is CCOc1cc(NC(=NCC(=O)N(C)C)NCC2CCOC2)ccc1OC.I. The molecule has 1 aliphatic rings. The Labute approximate surface area is 184 Å². The Morgan fingerprint density at radius 1 is 1.36 bits per heavy atom. The van der Waals surface area contributed by atoms with Gasteiger partial charge in [0.2, 0.25) is 5.91 Å². The van der Waals surface area contributed by atoms with E-state index in [4.69, 9.17) is 14.2 Å². The second-order valence-electron chi connectivity index (χ2n) is 6.49. The minimum atomic E-state index is -0.0648. The molecule has 8 nitrogen and oxygen atoms in total. The first-order valence-corrected chi connectivity index (χ1v) is 9.17. The summed E-state index contributed by atoms with van der Waals surface area (Å²) in [4.78, 5) is 17.8. The van der Waals surface area contributed by atoms with Gasteiger partial charge in [-0.3, -0.25) is 4.79 Å². The molecule has 0 spiro atoms. The zero-order chi connectivity index (χ0) is 19.6. The van der Waals surface area contributed by atoms with E-state index in [9.17, 15) is 4.79 Å². The van der Waals surface area contributed by atoms with Gasteiger partial charge < -0.3 is 29.7 Å². The Morgan fingerprint density at radius 2 is 2.14 bits per heavy atom. The van der Waals surface area contributed by atoms with Gasteiger partial charge >= 0.3 is 0 Å². The minimum absolute atomic E-state index is 0. The highest BCUT2D eigenvalue weighted by Crippen LogP contribution is 2.30. The number of carbonyl (C=O) groups excluding carboxylic acids is 1. The second kappa shape index (κ2) is 12.7. The zero-order valence-electron chi connectivity index (χ0n) is 17.0. The van der Waals surface area contributed by atoms with Crippen LogP contribution in [0.3, 0.4) is 0 Å². The number of ether oxygens (including phenoxy) is 3. The van der Waals surface area contributed by atoms with Crippen LogP contribution in [0, 0.1) is 5.92 Å². The van der Waals surface area contributed by atoms with Gasteiger partial charge in [-0.05, 0) is 25.5 Å². The third-order valence-corrected chi connectivity index (χ3v) is 4.18. The van der Waals surface area contributed by atoms with Gasteiger partial charge in [-0.15, -0.1) is 24.0 Å². The van der Waals surface area contributed by atoms with E-state index in [0.717, 1.165) is 31.9 Å². The van der Waals surface area contributed by atoms with Crippen LogP contribution in [-0.2, 0) is 9.53 Å². The predicted octanol–water partition coefficient (Wildman–Crippen LogP) is 2.19. The van der Waals surface area contributed by atoms with Crippen molar-refractivity contribution < 1.29 is 19.0 Å². The van der Waals surface area contributed by atoms with Crippen LogP contribution in [0.15, 0.2) is 23.2 Å². The van der Waals surface area contributed by atoms with E-state index < -0.39 is 0 Å². The molecule has 1 aliphatic heterocycles. The number of benzene rings is 1. The van der Waals surface area contributed by atoms with Crippen molar-refractivity contribution in [2.24, 2.45) is 10.9 Å². The average Bonchev–Trinajstić information content (AvgIpc) is 3.17. The molecule has 2 rings (SSSR count). The molecule has 1 atom stereocenters. The van der Waals surface area contributed by atoms with Gasteiger partial charge in [0.25, 0.3) is 0 Å². The van der Waals surface area contributed by atoms with Gasteiger partial charge in [0.1, 0.15) is 6.54 Å². The number of aliphatic imine (C=N–C) groups is 1. The molecule has 1 aromatic carbocycles. The fourth-order valence-electron chi connectivity index (χ4n) is 2.57. The number of carbonyl (C=O) groups is 1. The molecule has 1 saturated heterocycles. The largest absolute Gasteiger partial charge is 0.493 e. The number of rotatable bonds is 8. The van der Waals surface area contributed by atoms with E-state index in [-0.39, 0.29) is 36.4 Å². The number of methoxy groups -OCH3 is 1. The first-order chi connectivity index (χ1) is 13.0. The molecule has 9 heteroatoms. The number of guanidine groups is 1. The van der Waals surface area contributed by atoms with E-state index in [1.54, 1.807) is 21.2 Å². The molecule has 0 saturated carbocycles. The van der Waals surface area contributed by atoms with Crippen molar-refractivity contribution in [3.8, 4) is 11.5 Å². The number of nitrogens with zero attached hydrogens (tertiary/aromatic N) is 2. The molecule has 1 unspecified atom stereocenters. The Kier molecular flexibility index (Phi) is 11.0. The standard InChI is InChI=1S/C19H30N4O4.HI/c1-5-27-17-10-15(6-7-16(17)25-4)22-19(21-12-18(24)23(2)3)20-11-14-8-9-26-13-14;/h6-7,10,14H,5,8-9,11-13H2,1-4H3,(H2,20,21,22);1H. The summed E-state index contributed by atoms with van der Waals surface area (Å²) >= 11 is 0. The fraction of sp³-hybridized carbons (Fsp3) is 0.579. The topological polar surface area (TPSA) is 84.4 Å². The molecular weight excluding hydrogens is 475 g/mol. The summed E-state index contributed by atoms with van der Waals surface area (Å²) in [6.45, 7) is 4.80. The van der Waals surface area contributed by atoms with Crippen LogP contribution in [0.2, 0.25) is 0 Å². The first-order valence-electron chi connectivity index (χ1n) is 9.17. The Balaban J connectivity index is 0.00000392. The van der Waals surface area contributed by atoms with Gasteiger partial charge in [-0.2, -0.15) is 0 Å². The van der Waals surface area contributed by atoms with Crippen LogP contribution in [0.4, 0.5) is 5.69 Å². The molecule has 0 bridgehead atoms. The highest BCUT2D eigenvalue weighted by atomic mass is 127. The highest BCUT2D eigenvalue weighted by molar-refractivity contribution is 14.0. The van der Waals surface area contributed by atoms with Crippen molar-refractivity contribution in [3.05, 3.63) is 18.2 Å². The maximum absolute atomic E-state index is 11.9. The molecule has 1 heterocycles. The maximum Gasteiger partial charge on any atom is 0.243 e. The third kappa shape index (κ3) is 7.70. The van der Waals surface area contributed by atoms with Crippen LogP contribution in [0.25, 0.3) is 0 Å². The molecule has 158 valence electrons. The first kappa shape index (κ1) is 24.3. The van der Waals surface area contributed by atoms with E-state index in [2.05, 4.69) is 15.6 Å². The summed E-state index contributed by atoms with van der Waals surface area (Å²) < 4.78 is 16.3. The van der Waals surface area contributed by atoms with Gasteiger partial charge in [0.05, 0.1) is 20.3 Å². The predicted molar refractivity (Wildman–Crippen MR) is 121 cm³/mol. The lowest BCUT2D eigenvalue weighted by atomic mass is 10.1. The second-order valence-corrected chi connectivity index (χ2v) is 6.49. The molecule has 2 N–H and O–H groups in total. The number of anilines is 1. The number of amides is 1. The monoisotopic (exact) mass is 506 g/mol. The van der Waals surface area contributed by atoms with Crippen LogP contribution in [0.1, 0.15) is 13.3 Å². The molecule has 0 radical (unpaired) electrons. The van der Waals surface area contributed by atoms with E-state index in [1.807, 2.05) is 25.1 Å². The lowest BCUT2D eigenvalue weighted by Gasteiger charge is -2.17. The summed E-state index contributed by atoms with van der Waals surface area (Å²) in [6.07, 6.45) is 1.02. The normalized spacial score (nSPS) is 16.1. The van der Waals surface area contributed by atoms with Crippen molar-refractivity contribution >= 4 is 41.5 Å². The van der Waals surface area contributed by atoms with Crippen molar-refractivity contribution in [3.63, 3.8) is 0 Å². The number of halogens is 1. The fourth-order valence-corrected chi connectivity index (χ4v) is 2.57. The molecular formula is C19H31IN4O4. The summed E-state index contributed by atoms with van der Waals surface area (Å²) in [5.74, 6) is 2.24. The Morgan fingerprint density at radius 3 is 2.75 bits per heavy atom. The van der Waals surface area contributed by atoms with Gasteiger partial charge in [-0.25, -0.2) is 4.99 Å². The lowest BCUT2D eigenvalue weighted by molar-refractivity contribution is -0.127. The van der Waals surface area contributed by atoms with Crippen LogP contribution >= 0.6 is 24.0 Å². The summed E-state index contributed by atoms with van der Waals surface area (Å²) in [5, 5.41) is 6.54. The lowest BCUT2D eigenvalue weighted by Crippen LogP contribution is -2.36. The molecule has 1 aromatic rings. The summed E-state index contributed by atoms with van der Waals surface area (Å²) in [5.41, 5.74) is 0.797. The Hall–Kier alpha value is -1.75. The molecule has 1 fully saturated rings. The number of hydrogen-bond donors (Lipinski definition) is 2. The third-order valence-electron chi connectivity index (χ3n) is 4.18. The van der Waals surface area contributed by atoms with Gasteiger partial charge in [0.15, 0.2) is 17.5 Å². The van der Waals surface area contributed by atoms with E-state index >= 15 is 0 Å². The van der Waals surface area contributed by atoms with Crippen molar-refractivity contribution in [2.75, 3.05) is 59.4 Å². The zero-order valence-corrected chi connectivity index (χ0v) is 19.3. The number of likely N-dealkylation sites (N-methyl/N-ethyl adjacent to an activating group) is 1. The van der Waals surface area contributed by atoms with Crippen LogP contribution in [0.5, 0.6) is 11.5 Å². The van der Waals surface area contributed by atoms with Crippen molar-refractivity contribution in [1.29, 1.82) is 0 Å². The van der Waals surface area contributed by atoms with E-state index in [1.165, 1.54) is 4.90 Å². The Bertz CT molecular complexity index is 649.